The van der Waals surface area contributed by atoms with Crippen LogP contribution in [0.3, 0.4) is 0 Å². The van der Waals surface area contributed by atoms with Crippen molar-refractivity contribution in [1.82, 2.24) is 4.90 Å². The number of carbonyl (C=O) groups is 4. The molecule has 0 aliphatic heterocycles. The normalized spacial score (nSPS) is 10.1. The lowest BCUT2D eigenvalue weighted by Gasteiger charge is -2.18. The van der Waals surface area contributed by atoms with Gasteiger partial charge in [0.15, 0.2) is 6.61 Å². The van der Waals surface area contributed by atoms with Gasteiger partial charge in [0, 0.05) is 37.0 Å². The molecular weight excluding hydrogens is 386 g/mol. The molecule has 2 aromatic rings. The number of amides is 3. The topological polar surface area (TPSA) is 105 Å². The third-order valence-electron chi connectivity index (χ3n) is 4.24. The fourth-order valence-electron chi connectivity index (χ4n) is 2.69. The SMILES string of the molecule is CCN(CC)C(=O)c1ccc(NC(=O)COC(=O)c2ccc(NC(C)=O)cc2)cc1. The first-order valence-corrected chi connectivity index (χ1v) is 9.58. The van der Waals surface area contributed by atoms with Crippen LogP contribution in [-0.2, 0) is 14.3 Å². The van der Waals surface area contributed by atoms with Gasteiger partial charge >= 0.3 is 5.97 Å². The molecule has 2 rings (SSSR count). The Kier molecular flexibility index (Phi) is 8.10. The van der Waals surface area contributed by atoms with Crippen LogP contribution in [0, 0.1) is 0 Å². The fourth-order valence-corrected chi connectivity index (χ4v) is 2.69. The van der Waals surface area contributed by atoms with Gasteiger partial charge in [-0.15, -0.1) is 0 Å². The third kappa shape index (κ3) is 6.44. The average Bonchev–Trinajstić information content (AvgIpc) is 2.73. The molecule has 0 heterocycles. The van der Waals surface area contributed by atoms with E-state index in [0.717, 1.165) is 0 Å². The van der Waals surface area contributed by atoms with E-state index < -0.39 is 18.5 Å². The monoisotopic (exact) mass is 411 g/mol. The minimum absolute atomic E-state index is 0.0728. The van der Waals surface area contributed by atoms with Gasteiger partial charge < -0.3 is 20.3 Å². The molecule has 2 aromatic carbocycles. The predicted molar refractivity (Wildman–Crippen MR) is 113 cm³/mol. The standard InChI is InChI=1S/C22H25N3O5/c1-4-25(5-2)21(28)16-6-10-19(11-7-16)24-20(27)14-30-22(29)17-8-12-18(13-9-17)23-15(3)26/h6-13H,4-5,14H2,1-3H3,(H,23,26)(H,24,27). The Morgan fingerprint density at radius 3 is 1.80 bits per heavy atom. The third-order valence-corrected chi connectivity index (χ3v) is 4.24. The summed E-state index contributed by atoms with van der Waals surface area (Å²) in [5.74, 6) is -1.44. The number of carbonyl (C=O) groups excluding carboxylic acids is 4. The minimum atomic E-state index is -0.653. The van der Waals surface area contributed by atoms with Gasteiger partial charge in [-0.25, -0.2) is 4.79 Å². The molecule has 158 valence electrons. The minimum Gasteiger partial charge on any atom is -0.452 e. The van der Waals surface area contributed by atoms with Gasteiger partial charge in [0.2, 0.25) is 5.91 Å². The molecule has 0 fully saturated rings. The highest BCUT2D eigenvalue weighted by Gasteiger charge is 2.13. The Labute approximate surface area is 175 Å². The summed E-state index contributed by atoms with van der Waals surface area (Å²) in [5, 5.41) is 5.21. The smallest absolute Gasteiger partial charge is 0.338 e. The second kappa shape index (κ2) is 10.8. The number of rotatable bonds is 8. The van der Waals surface area contributed by atoms with Gasteiger partial charge in [0.25, 0.3) is 11.8 Å². The molecule has 0 bridgehead atoms. The zero-order valence-corrected chi connectivity index (χ0v) is 17.2. The molecule has 0 unspecified atom stereocenters. The molecular formula is C22H25N3O5. The summed E-state index contributed by atoms with van der Waals surface area (Å²) >= 11 is 0. The highest BCUT2D eigenvalue weighted by Crippen LogP contribution is 2.13. The van der Waals surface area contributed by atoms with Crippen molar-refractivity contribution in [3.05, 3.63) is 59.7 Å². The highest BCUT2D eigenvalue weighted by atomic mass is 16.5. The number of anilines is 2. The van der Waals surface area contributed by atoms with Crippen LogP contribution in [0.2, 0.25) is 0 Å². The Balaban J connectivity index is 1.86. The van der Waals surface area contributed by atoms with Crippen molar-refractivity contribution >= 4 is 35.1 Å². The zero-order valence-electron chi connectivity index (χ0n) is 17.2. The lowest BCUT2D eigenvalue weighted by molar-refractivity contribution is -0.119. The first-order chi connectivity index (χ1) is 14.3. The van der Waals surface area contributed by atoms with E-state index in [1.54, 1.807) is 41.3 Å². The van der Waals surface area contributed by atoms with Crippen LogP contribution in [0.4, 0.5) is 11.4 Å². The van der Waals surface area contributed by atoms with E-state index in [1.807, 2.05) is 13.8 Å². The van der Waals surface area contributed by atoms with Gasteiger partial charge in [-0.2, -0.15) is 0 Å². The molecule has 3 amide bonds. The van der Waals surface area contributed by atoms with Crippen LogP contribution in [0.25, 0.3) is 0 Å². The summed E-state index contributed by atoms with van der Waals surface area (Å²) in [6.07, 6.45) is 0. The summed E-state index contributed by atoms with van der Waals surface area (Å²) in [6, 6.07) is 12.7. The Morgan fingerprint density at radius 2 is 1.30 bits per heavy atom. The zero-order chi connectivity index (χ0) is 22.1. The van der Waals surface area contributed by atoms with Crippen molar-refractivity contribution in [2.75, 3.05) is 30.3 Å². The van der Waals surface area contributed by atoms with E-state index in [4.69, 9.17) is 4.74 Å². The maximum atomic E-state index is 12.3. The Morgan fingerprint density at radius 1 is 0.800 bits per heavy atom. The van der Waals surface area contributed by atoms with Crippen LogP contribution in [0.1, 0.15) is 41.5 Å². The van der Waals surface area contributed by atoms with Crippen molar-refractivity contribution < 1.29 is 23.9 Å². The summed E-state index contributed by atoms with van der Waals surface area (Å²) in [7, 11) is 0. The van der Waals surface area contributed by atoms with Gasteiger partial charge in [0.05, 0.1) is 5.56 Å². The molecule has 0 aliphatic carbocycles. The van der Waals surface area contributed by atoms with Crippen molar-refractivity contribution in [3.63, 3.8) is 0 Å². The van der Waals surface area contributed by atoms with Gasteiger partial charge in [-0.3, -0.25) is 14.4 Å². The molecule has 8 nitrogen and oxygen atoms in total. The number of hydrogen-bond donors (Lipinski definition) is 2. The van der Waals surface area contributed by atoms with E-state index >= 15 is 0 Å². The van der Waals surface area contributed by atoms with E-state index in [2.05, 4.69) is 10.6 Å². The van der Waals surface area contributed by atoms with E-state index in [9.17, 15) is 19.2 Å². The number of ether oxygens (including phenoxy) is 1. The van der Waals surface area contributed by atoms with Crippen LogP contribution in [0.5, 0.6) is 0 Å². The Hall–Kier alpha value is -3.68. The first kappa shape index (κ1) is 22.6. The van der Waals surface area contributed by atoms with Crippen LogP contribution in [0.15, 0.2) is 48.5 Å². The number of hydrogen-bond acceptors (Lipinski definition) is 5. The molecule has 2 N–H and O–H groups in total. The molecule has 0 spiro atoms. The lowest BCUT2D eigenvalue weighted by Crippen LogP contribution is -2.30. The second-order valence-corrected chi connectivity index (χ2v) is 6.44. The van der Waals surface area contributed by atoms with E-state index in [0.29, 0.717) is 30.0 Å². The highest BCUT2D eigenvalue weighted by molar-refractivity contribution is 5.97. The summed E-state index contributed by atoms with van der Waals surface area (Å²) < 4.78 is 5.01. The predicted octanol–water partition coefficient (Wildman–Crippen LogP) is 2.92. The largest absolute Gasteiger partial charge is 0.452 e. The summed E-state index contributed by atoms with van der Waals surface area (Å²) in [6.45, 7) is 6.00. The van der Waals surface area contributed by atoms with E-state index in [1.165, 1.54) is 19.1 Å². The Bertz CT molecular complexity index is 903. The maximum absolute atomic E-state index is 12.3. The second-order valence-electron chi connectivity index (χ2n) is 6.44. The number of nitrogens with zero attached hydrogens (tertiary/aromatic N) is 1. The van der Waals surface area contributed by atoms with Crippen molar-refractivity contribution in [2.45, 2.75) is 20.8 Å². The summed E-state index contributed by atoms with van der Waals surface area (Å²) in [5.41, 5.74) is 1.84. The summed E-state index contributed by atoms with van der Waals surface area (Å²) in [4.78, 5) is 49.1. The number of benzene rings is 2. The molecule has 8 heteroatoms. The van der Waals surface area contributed by atoms with Gasteiger partial charge in [-0.1, -0.05) is 0 Å². The molecule has 0 aliphatic rings. The fraction of sp³-hybridized carbons (Fsp3) is 0.273. The van der Waals surface area contributed by atoms with Crippen molar-refractivity contribution in [2.24, 2.45) is 0 Å². The maximum Gasteiger partial charge on any atom is 0.338 e. The van der Waals surface area contributed by atoms with Crippen LogP contribution in [-0.4, -0.2) is 48.3 Å². The van der Waals surface area contributed by atoms with Crippen LogP contribution < -0.4 is 10.6 Å². The van der Waals surface area contributed by atoms with Crippen LogP contribution >= 0.6 is 0 Å². The molecule has 0 saturated heterocycles. The average molecular weight is 411 g/mol. The van der Waals surface area contributed by atoms with Gasteiger partial charge in [-0.05, 0) is 62.4 Å². The van der Waals surface area contributed by atoms with Crippen molar-refractivity contribution in [3.8, 4) is 0 Å². The lowest BCUT2D eigenvalue weighted by atomic mass is 10.1. The quantitative estimate of drug-likeness (QED) is 0.650. The number of nitrogens with one attached hydrogen (secondary N) is 2. The molecule has 30 heavy (non-hydrogen) atoms. The van der Waals surface area contributed by atoms with Crippen molar-refractivity contribution in [1.29, 1.82) is 0 Å². The molecule has 0 radical (unpaired) electrons. The first-order valence-electron chi connectivity index (χ1n) is 9.58. The molecule has 0 saturated carbocycles. The van der Waals surface area contributed by atoms with Gasteiger partial charge in [0.1, 0.15) is 0 Å². The number of esters is 1. The molecule has 0 aromatic heterocycles. The molecule has 0 atom stereocenters. The van der Waals surface area contributed by atoms with E-state index in [-0.39, 0.29) is 17.4 Å².